The largest absolute Gasteiger partial charge is 0.465 e. The van der Waals surface area contributed by atoms with E-state index in [-0.39, 0.29) is 10.6 Å². The van der Waals surface area contributed by atoms with E-state index in [1.54, 1.807) is 12.3 Å². The summed E-state index contributed by atoms with van der Waals surface area (Å²) in [5, 5.41) is 0.528. The Morgan fingerprint density at radius 1 is 1.37 bits per heavy atom. The van der Waals surface area contributed by atoms with Gasteiger partial charge in [0.2, 0.25) is 10.0 Å². The van der Waals surface area contributed by atoms with Gasteiger partial charge in [-0.1, -0.05) is 0 Å². The molecule has 0 saturated carbocycles. The quantitative estimate of drug-likeness (QED) is 0.793. The number of hydrogen-bond acceptors (Lipinski definition) is 7. The molecule has 0 atom stereocenters. The van der Waals surface area contributed by atoms with Gasteiger partial charge in [-0.3, -0.25) is 4.72 Å². The van der Waals surface area contributed by atoms with Crippen LogP contribution in [0, 0.1) is 6.92 Å². The van der Waals surface area contributed by atoms with E-state index in [9.17, 15) is 21.6 Å². The monoisotopic (exact) mass is 327 g/mol. The molecule has 1 aromatic rings. The zero-order valence-corrected chi connectivity index (χ0v) is 12.9. The molecule has 0 fully saturated rings. The second-order valence-electron chi connectivity index (χ2n) is 3.87. The van der Waals surface area contributed by atoms with Crippen molar-refractivity contribution in [1.82, 2.24) is 0 Å². The Kier molecular flexibility index (Phi) is 4.59. The number of esters is 1. The Morgan fingerprint density at radius 3 is 2.42 bits per heavy atom. The van der Waals surface area contributed by atoms with Gasteiger partial charge in [0.25, 0.3) is 0 Å². The van der Waals surface area contributed by atoms with Crippen LogP contribution in [0.4, 0.5) is 5.69 Å². The number of thiophene rings is 1. The molecule has 0 aliphatic rings. The summed E-state index contributed by atoms with van der Waals surface area (Å²) in [4.78, 5) is 11.5. The molecule has 0 amide bonds. The number of hydrogen-bond donors (Lipinski definition) is 1. The van der Waals surface area contributed by atoms with Crippen LogP contribution in [-0.4, -0.2) is 41.3 Å². The topological polar surface area (TPSA) is 107 Å². The van der Waals surface area contributed by atoms with Gasteiger partial charge in [0, 0.05) is 6.26 Å². The number of methoxy groups -OCH3 is 1. The van der Waals surface area contributed by atoms with Crippen LogP contribution in [0.25, 0.3) is 0 Å². The number of rotatable bonds is 5. The van der Waals surface area contributed by atoms with Gasteiger partial charge in [-0.25, -0.2) is 21.6 Å². The number of sulfone groups is 1. The number of aryl methyl sites for hydroxylation is 1. The SMILES string of the molecule is COC(=O)c1scc(C)c1NS(=O)(=O)CS(C)(=O)=O. The van der Waals surface area contributed by atoms with E-state index in [2.05, 4.69) is 9.46 Å². The van der Waals surface area contributed by atoms with Crippen molar-refractivity contribution in [3.63, 3.8) is 0 Å². The Balaban J connectivity index is 3.13. The summed E-state index contributed by atoms with van der Waals surface area (Å²) >= 11 is 1.02. The van der Waals surface area contributed by atoms with Gasteiger partial charge in [0.05, 0.1) is 12.8 Å². The van der Waals surface area contributed by atoms with E-state index in [4.69, 9.17) is 0 Å². The highest BCUT2D eigenvalue weighted by Gasteiger charge is 2.24. The van der Waals surface area contributed by atoms with Gasteiger partial charge in [-0.15, -0.1) is 11.3 Å². The average molecular weight is 327 g/mol. The molecule has 1 heterocycles. The lowest BCUT2D eigenvalue weighted by Crippen LogP contribution is -2.23. The summed E-state index contributed by atoms with van der Waals surface area (Å²) in [6, 6.07) is 0. The highest BCUT2D eigenvalue weighted by Crippen LogP contribution is 2.29. The van der Waals surface area contributed by atoms with Crippen LogP contribution in [0.1, 0.15) is 15.2 Å². The van der Waals surface area contributed by atoms with Crippen LogP contribution in [0.15, 0.2) is 5.38 Å². The summed E-state index contributed by atoms with van der Waals surface area (Å²) < 4.78 is 52.1. The Labute approximate surface area is 115 Å². The van der Waals surface area contributed by atoms with Crippen molar-refractivity contribution in [3.8, 4) is 0 Å². The van der Waals surface area contributed by atoms with E-state index >= 15 is 0 Å². The van der Waals surface area contributed by atoms with Crippen LogP contribution in [0.5, 0.6) is 0 Å². The number of anilines is 1. The Bertz CT molecular complexity index is 686. The minimum Gasteiger partial charge on any atom is -0.465 e. The number of sulfonamides is 1. The van der Waals surface area contributed by atoms with Crippen molar-refractivity contribution in [2.45, 2.75) is 6.92 Å². The fraction of sp³-hybridized carbons (Fsp3) is 0.444. The highest BCUT2D eigenvalue weighted by molar-refractivity contribution is 8.08. The normalized spacial score (nSPS) is 12.2. The molecule has 0 aromatic carbocycles. The molecule has 1 aromatic heterocycles. The van der Waals surface area contributed by atoms with Gasteiger partial charge in [-0.05, 0) is 17.9 Å². The predicted octanol–water partition coefficient (Wildman–Crippen LogP) is 0.587. The summed E-state index contributed by atoms with van der Waals surface area (Å²) in [6.45, 7) is 1.60. The molecule has 1 rings (SSSR count). The van der Waals surface area contributed by atoms with Crippen LogP contribution < -0.4 is 4.72 Å². The van der Waals surface area contributed by atoms with Crippen molar-refractivity contribution in [2.75, 3.05) is 23.2 Å². The maximum absolute atomic E-state index is 11.7. The van der Waals surface area contributed by atoms with Crippen LogP contribution in [-0.2, 0) is 24.6 Å². The third-order valence-electron chi connectivity index (χ3n) is 1.97. The third-order valence-corrected chi connectivity index (χ3v) is 6.52. The molecular weight excluding hydrogens is 314 g/mol. The van der Waals surface area contributed by atoms with Crippen molar-refractivity contribution in [1.29, 1.82) is 0 Å². The van der Waals surface area contributed by atoms with Gasteiger partial charge < -0.3 is 4.74 Å². The van der Waals surface area contributed by atoms with E-state index in [0.717, 1.165) is 17.6 Å². The molecule has 0 radical (unpaired) electrons. The lowest BCUT2D eigenvalue weighted by Gasteiger charge is -2.08. The minimum atomic E-state index is -4.09. The smallest absolute Gasteiger partial charge is 0.350 e. The van der Waals surface area contributed by atoms with Crippen LogP contribution >= 0.6 is 11.3 Å². The second-order valence-corrected chi connectivity index (χ2v) is 8.98. The molecule has 0 aliphatic heterocycles. The first-order valence-corrected chi connectivity index (χ1v) is 9.49. The van der Waals surface area contributed by atoms with Crippen molar-refractivity contribution in [3.05, 3.63) is 15.8 Å². The molecule has 0 spiro atoms. The fourth-order valence-electron chi connectivity index (χ4n) is 1.28. The number of nitrogens with one attached hydrogen (secondary N) is 1. The highest BCUT2D eigenvalue weighted by atomic mass is 32.3. The zero-order valence-electron chi connectivity index (χ0n) is 10.5. The Hall–Kier alpha value is -1.13. The summed E-state index contributed by atoms with van der Waals surface area (Å²) in [5.74, 6) is -0.685. The van der Waals surface area contributed by atoms with Gasteiger partial charge in [0.15, 0.2) is 14.9 Å². The standard InChI is InChI=1S/C9H13NO6S3/c1-6-4-17-8(9(11)16-2)7(6)10-19(14,15)5-18(3,12)13/h4,10H,5H2,1-3H3. The first-order chi connectivity index (χ1) is 8.56. The molecule has 1 N–H and O–H groups in total. The molecule has 0 bridgehead atoms. The second kappa shape index (κ2) is 5.47. The minimum absolute atomic E-state index is 0.0560. The molecule has 0 aliphatic carbocycles. The molecule has 0 unspecified atom stereocenters. The first kappa shape index (κ1) is 15.9. The van der Waals surface area contributed by atoms with Crippen LogP contribution in [0.2, 0.25) is 0 Å². The Morgan fingerprint density at radius 2 is 1.95 bits per heavy atom. The third kappa shape index (κ3) is 4.48. The molecule has 7 nitrogen and oxygen atoms in total. The van der Waals surface area contributed by atoms with E-state index in [1.165, 1.54) is 7.11 Å². The fourth-order valence-corrected chi connectivity index (χ4v) is 5.33. The molecular formula is C9H13NO6S3. The predicted molar refractivity (Wildman–Crippen MR) is 72.6 cm³/mol. The molecule has 10 heteroatoms. The van der Waals surface area contributed by atoms with Crippen molar-refractivity contribution >= 4 is 42.9 Å². The summed E-state index contributed by atoms with van der Waals surface area (Å²) in [7, 11) is -6.62. The maximum atomic E-state index is 11.7. The van der Waals surface area contributed by atoms with Crippen LogP contribution in [0.3, 0.4) is 0 Å². The number of ether oxygens (including phenoxy) is 1. The van der Waals surface area contributed by atoms with Crippen molar-refractivity contribution in [2.24, 2.45) is 0 Å². The number of carbonyl (C=O) groups is 1. The molecule has 19 heavy (non-hydrogen) atoms. The lowest BCUT2D eigenvalue weighted by molar-refractivity contribution is 0.0607. The van der Waals surface area contributed by atoms with E-state index in [1.807, 2.05) is 0 Å². The average Bonchev–Trinajstić information content (AvgIpc) is 2.55. The molecule has 108 valence electrons. The summed E-state index contributed by atoms with van der Waals surface area (Å²) in [6.07, 6.45) is 0.813. The maximum Gasteiger partial charge on any atom is 0.350 e. The van der Waals surface area contributed by atoms with E-state index < -0.39 is 30.9 Å². The zero-order chi connectivity index (χ0) is 14.8. The molecule has 0 saturated heterocycles. The lowest BCUT2D eigenvalue weighted by atomic mass is 10.3. The van der Waals surface area contributed by atoms with Gasteiger partial charge in [0.1, 0.15) is 4.88 Å². The summed E-state index contributed by atoms with van der Waals surface area (Å²) in [5.41, 5.74) is 0.572. The van der Waals surface area contributed by atoms with Gasteiger partial charge >= 0.3 is 5.97 Å². The van der Waals surface area contributed by atoms with Crippen molar-refractivity contribution < 1.29 is 26.4 Å². The number of carbonyl (C=O) groups excluding carboxylic acids is 1. The van der Waals surface area contributed by atoms with Gasteiger partial charge in [-0.2, -0.15) is 0 Å². The first-order valence-electron chi connectivity index (χ1n) is 4.90. The van der Waals surface area contributed by atoms with E-state index in [0.29, 0.717) is 5.56 Å².